The molecule has 0 radical (unpaired) electrons. The summed E-state index contributed by atoms with van der Waals surface area (Å²) in [4.78, 5) is 27.8. The summed E-state index contributed by atoms with van der Waals surface area (Å²) < 4.78 is 7.97. The Hall–Kier alpha value is -2.03. The molecule has 1 N–H and O–H groups in total. The highest BCUT2D eigenvalue weighted by molar-refractivity contribution is 7.12. The van der Waals surface area contributed by atoms with E-state index in [1.54, 1.807) is 6.07 Å². The van der Waals surface area contributed by atoms with E-state index in [-0.39, 0.29) is 18.3 Å². The number of carbonyl (C=O) groups excluding carboxylic acids is 2. The van der Waals surface area contributed by atoms with Gasteiger partial charge in [-0.1, -0.05) is 6.07 Å². The van der Waals surface area contributed by atoms with Gasteiger partial charge in [0.2, 0.25) is 0 Å². The second kappa shape index (κ2) is 8.77. The van der Waals surface area contributed by atoms with Crippen molar-refractivity contribution in [3.63, 3.8) is 0 Å². The number of halogens is 1. The number of nitrogens with zero attached hydrogens (tertiary/aromatic N) is 3. The standard InChI is InChI=1S/C20H26N4O3S.ClH/c1-15(2)23-9-3-5-16(23)13-22-10-7-20(8-11-22)14-24(21-19(26)27-20)18(25)17-6-4-12-28-17;/h3-6,9,12,15H,7-8,10-11,13-14H2,1-2H3,(H,21,26);1H. The summed E-state index contributed by atoms with van der Waals surface area (Å²) in [5, 5.41) is 3.27. The molecule has 4 rings (SSSR count). The third-order valence-corrected chi connectivity index (χ3v) is 6.39. The number of piperidine rings is 1. The molecule has 2 amide bonds. The van der Waals surface area contributed by atoms with Gasteiger partial charge >= 0.3 is 6.09 Å². The van der Waals surface area contributed by atoms with E-state index in [1.165, 1.54) is 22.0 Å². The van der Waals surface area contributed by atoms with Gasteiger partial charge in [-0.25, -0.2) is 15.2 Å². The van der Waals surface area contributed by atoms with Gasteiger partial charge in [-0.2, -0.15) is 0 Å². The van der Waals surface area contributed by atoms with Crippen LogP contribution in [0.3, 0.4) is 0 Å². The monoisotopic (exact) mass is 438 g/mol. The lowest BCUT2D eigenvalue weighted by atomic mass is 9.90. The van der Waals surface area contributed by atoms with Crippen molar-refractivity contribution in [2.75, 3.05) is 19.6 Å². The number of nitrogens with one attached hydrogen (secondary N) is 1. The molecule has 0 atom stereocenters. The van der Waals surface area contributed by atoms with Crippen LogP contribution in [-0.2, 0) is 11.3 Å². The molecule has 0 aliphatic carbocycles. The number of aromatic nitrogens is 1. The first-order chi connectivity index (χ1) is 13.5. The number of hydrogen-bond acceptors (Lipinski definition) is 5. The summed E-state index contributed by atoms with van der Waals surface area (Å²) in [7, 11) is 0. The van der Waals surface area contributed by atoms with E-state index in [0.29, 0.717) is 17.5 Å². The zero-order chi connectivity index (χ0) is 19.7. The molecule has 29 heavy (non-hydrogen) atoms. The van der Waals surface area contributed by atoms with E-state index in [1.807, 2.05) is 11.4 Å². The van der Waals surface area contributed by atoms with Gasteiger partial charge in [0.05, 0.1) is 11.4 Å². The molecule has 1 spiro atoms. The van der Waals surface area contributed by atoms with E-state index < -0.39 is 11.7 Å². The molecule has 4 heterocycles. The van der Waals surface area contributed by atoms with Crippen molar-refractivity contribution in [2.45, 2.75) is 44.9 Å². The average Bonchev–Trinajstić information content (AvgIpc) is 3.34. The maximum atomic E-state index is 12.7. The predicted molar refractivity (Wildman–Crippen MR) is 114 cm³/mol. The number of ether oxygens (including phenoxy) is 1. The molecule has 158 valence electrons. The van der Waals surface area contributed by atoms with Crippen molar-refractivity contribution in [3.8, 4) is 0 Å². The molecule has 9 heteroatoms. The highest BCUT2D eigenvalue weighted by Gasteiger charge is 2.45. The van der Waals surface area contributed by atoms with E-state index in [4.69, 9.17) is 4.74 Å². The van der Waals surface area contributed by atoms with Gasteiger partial charge in [-0.15, -0.1) is 23.7 Å². The molecule has 2 aliphatic heterocycles. The lowest BCUT2D eigenvalue weighted by molar-refractivity contribution is -0.0889. The number of likely N-dealkylation sites (tertiary alicyclic amines) is 1. The minimum absolute atomic E-state index is 0. The van der Waals surface area contributed by atoms with Gasteiger partial charge in [0.25, 0.3) is 5.91 Å². The fraction of sp³-hybridized carbons (Fsp3) is 0.500. The molecular formula is C20H27ClN4O3S. The number of carbonyl (C=O) groups is 2. The third-order valence-electron chi connectivity index (χ3n) is 5.53. The van der Waals surface area contributed by atoms with Crippen LogP contribution in [0.25, 0.3) is 0 Å². The lowest BCUT2D eigenvalue weighted by Crippen LogP contribution is -2.64. The molecular weight excluding hydrogens is 412 g/mol. The highest BCUT2D eigenvalue weighted by atomic mass is 35.5. The Kier molecular flexibility index (Phi) is 6.55. The maximum Gasteiger partial charge on any atom is 0.426 e. The Bertz CT molecular complexity index is 844. The topological polar surface area (TPSA) is 66.8 Å². The molecule has 0 unspecified atom stereocenters. The molecule has 2 fully saturated rings. The summed E-state index contributed by atoms with van der Waals surface area (Å²) in [5.74, 6) is -0.178. The largest absolute Gasteiger partial charge is 0.440 e. The molecule has 2 aromatic heterocycles. The Balaban J connectivity index is 0.00000240. The fourth-order valence-corrected chi connectivity index (χ4v) is 4.69. The minimum Gasteiger partial charge on any atom is -0.440 e. The Morgan fingerprint density at radius 1 is 1.28 bits per heavy atom. The maximum absolute atomic E-state index is 12.7. The van der Waals surface area contributed by atoms with E-state index in [0.717, 1.165) is 32.5 Å². The SMILES string of the molecule is CC(C)n1cccc1CN1CCC2(CC1)CN(C(=O)c1cccs1)NC(=O)O2.Cl. The minimum atomic E-state index is -0.605. The number of rotatable bonds is 4. The molecule has 2 aromatic rings. The van der Waals surface area contributed by atoms with Crippen molar-refractivity contribution in [2.24, 2.45) is 0 Å². The lowest BCUT2D eigenvalue weighted by Gasteiger charge is -2.46. The number of hydrazine groups is 1. The molecule has 0 saturated carbocycles. The van der Waals surface area contributed by atoms with E-state index in [2.05, 4.69) is 47.1 Å². The van der Waals surface area contributed by atoms with Crippen LogP contribution in [0.5, 0.6) is 0 Å². The number of hydrogen-bond donors (Lipinski definition) is 1. The quantitative estimate of drug-likeness (QED) is 0.790. The third kappa shape index (κ3) is 4.60. The van der Waals surface area contributed by atoms with Gasteiger partial charge in [-0.3, -0.25) is 9.69 Å². The predicted octanol–water partition coefficient (Wildman–Crippen LogP) is 3.68. The molecule has 2 aliphatic rings. The summed E-state index contributed by atoms with van der Waals surface area (Å²) in [5.41, 5.74) is 3.24. The van der Waals surface area contributed by atoms with Crippen LogP contribution in [0.4, 0.5) is 4.79 Å². The van der Waals surface area contributed by atoms with Gasteiger partial charge in [0.1, 0.15) is 5.60 Å². The van der Waals surface area contributed by atoms with Gasteiger partial charge in [0, 0.05) is 50.4 Å². The zero-order valence-corrected chi connectivity index (χ0v) is 18.3. The average molecular weight is 439 g/mol. The number of amides is 2. The highest BCUT2D eigenvalue weighted by Crippen LogP contribution is 2.31. The normalized spacial score (nSPS) is 19.0. The zero-order valence-electron chi connectivity index (χ0n) is 16.7. The second-order valence-electron chi connectivity index (χ2n) is 7.83. The van der Waals surface area contributed by atoms with Gasteiger partial charge in [-0.05, 0) is 37.4 Å². The van der Waals surface area contributed by atoms with Crippen molar-refractivity contribution in [1.82, 2.24) is 19.9 Å². The van der Waals surface area contributed by atoms with Crippen molar-refractivity contribution in [1.29, 1.82) is 0 Å². The first-order valence-electron chi connectivity index (χ1n) is 9.69. The van der Waals surface area contributed by atoms with Gasteiger partial charge < -0.3 is 9.30 Å². The van der Waals surface area contributed by atoms with Crippen LogP contribution < -0.4 is 5.43 Å². The van der Waals surface area contributed by atoms with Crippen LogP contribution >= 0.6 is 23.7 Å². The molecule has 0 aromatic carbocycles. The fourth-order valence-electron chi connectivity index (χ4n) is 4.02. The molecule has 0 bridgehead atoms. The molecule has 2 saturated heterocycles. The van der Waals surface area contributed by atoms with E-state index >= 15 is 0 Å². The number of thiophene rings is 1. The van der Waals surface area contributed by atoms with Crippen LogP contribution in [0.2, 0.25) is 0 Å². The first kappa shape index (κ1) is 21.7. The summed E-state index contributed by atoms with van der Waals surface area (Å²) >= 11 is 1.37. The summed E-state index contributed by atoms with van der Waals surface area (Å²) in [6, 6.07) is 8.29. The van der Waals surface area contributed by atoms with Crippen LogP contribution in [0, 0.1) is 0 Å². The van der Waals surface area contributed by atoms with Crippen molar-refractivity contribution in [3.05, 3.63) is 46.4 Å². The summed E-state index contributed by atoms with van der Waals surface area (Å²) in [6.45, 7) is 7.29. The Morgan fingerprint density at radius 2 is 2.03 bits per heavy atom. The van der Waals surface area contributed by atoms with Crippen molar-refractivity contribution >= 4 is 35.7 Å². The van der Waals surface area contributed by atoms with Gasteiger partial charge in [0.15, 0.2) is 0 Å². The first-order valence-corrected chi connectivity index (χ1v) is 10.6. The van der Waals surface area contributed by atoms with Crippen LogP contribution in [0.1, 0.15) is 48.1 Å². The van der Waals surface area contributed by atoms with Crippen LogP contribution in [-0.4, -0.2) is 51.7 Å². The van der Waals surface area contributed by atoms with E-state index in [9.17, 15) is 9.59 Å². The Labute approximate surface area is 181 Å². The summed E-state index contributed by atoms with van der Waals surface area (Å²) in [6.07, 6.45) is 3.01. The Morgan fingerprint density at radius 3 is 2.69 bits per heavy atom. The van der Waals surface area contributed by atoms with Crippen LogP contribution in [0.15, 0.2) is 35.8 Å². The van der Waals surface area contributed by atoms with Crippen molar-refractivity contribution < 1.29 is 14.3 Å². The smallest absolute Gasteiger partial charge is 0.426 e. The second-order valence-corrected chi connectivity index (χ2v) is 8.78. The molecule has 7 nitrogen and oxygen atoms in total.